The van der Waals surface area contributed by atoms with Crippen molar-refractivity contribution in [2.45, 2.75) is 57.2 Å². The predicted molar refractivity (Wildman–Crippen MR) is 157 cm³/mol. The number of hydrogen-bond acceptors (Lipinski definition) is 5. The van der Waals surface area contributed by atoms with Crippen LogP contribution in [-0.2, 0) is 26.2 Å². The minimum Gasteiger partial charge on any atom is -0.444 e. The Bertz CT molecular complexity index is 1340. The smallest absolute Gasteiger partial charge is 0.408 e. The Balaban J connectivity index is 1.80. The number of benzene rings is 3. The monoisotopic (exact) mass is 552 g/mol. The van der Waals surface area contributed by atoms with Gasteiger partial charge in [-0.2, -0.15) is 0 Å². The molecule has 0 aliphatic heterocycles. The number of nitrogens with zero attached hydrogens (tertiary/aromatic N) is 1. The third-order valence-corrected chi connectivity index (χ3v) is 6.73. The van der Waals surface area contributed by atoms with Crippen molar-refractivity contribution in [1.82, 2.24) is 20.6 Å². The lowest BCUT2D eigenvalue weighted by molar-refractivity contribution is -0.130. The van der Waals surface area contributed by atoms with Gasteiger partial charge in [-0.1, -0.05) is 91.0 Å². The van der Waals surface area contributed by atoms with E-state index < -0.39 is 35.1 Å². The van der Waals surface area contributed by atoms with Crippen LogP contribution in [0.1, 0.15) is 50.1 Å². The van der Waals surface area contributed by atoms with Gasteiger partial charge in [0.15, 0.2) is 5.78 Å². The molecule has 3 aromatic carbocycles. The molecule has 0 aliphatic carbocycles. The van der Waals surface area contributed by atoms with Gasteiger partial charge in [0, 0.05) is 18.3 Å². The van der Waals surface area contributed by atoms with Gasteiger partial charge < -0.3 is 20.4 Å². The van der Waals surface area contributed by atoms with E-state index in [0.29, 0.717) is 5.69 Å². The molecule has 0 fully saturated rings. The molecule has 2 amide bonds. The summed E-state index contributed by atoms with van der Waals surface area (Å²) in [5.41, 5.74) is 1.02. The number of ketones is 1. The zero-order chi connectivity index (χ0) is 29.5. The third-order valence-electron chi connectivity index (χ3n) is 6.73. The largest absolute Gasteiger partial charge is 0.444 e. The van der Waals surface area contributed by atoms with E-state index >= 15 is 4.79 Å². The molecule has 0 radical (unpaired) electrons. The minimum absolute atomic E-state index is 0.165. The van der Waals surface area contributed by atoms with E-state index in [4.69, 9.17) is 4.74 Å². The van der Waals surface area contributed by atoms with Crippen LogP contribution in [0.15, 0.2) is 104 Å². The maximum atomic E-state index is 15.1. The number of carbonyl (C=O) groups excluding carboxylic acids is 3. The summed E-state index contributed by atoms with van der Waals surface area (Å²) in [6.45, 7) is 6.78. The molecular formula is C33H36N4O4. The summed E-state index contributed by atoms with van der Waals surface area (Å²) in [5.74, 6) is -0.745. The molecular weight excluding hydrogens is 516 g/mol. The second-order valence-corrected chi connectivity index (χ2v) is 10.9. The molecule has 0 unspecified atom stereocenters. The first-order chi connectivity index (χ1) is 19.6. The van der Waals surface area contributed by atoms with Gasteiger partial charge in [0.1, 0.15) is 17.1 Å². The molecule has 0 spiro atoms. The number of aromatic nitrogens is 2. The van der Waals surface area contributed by atoms with E-state index in [1.807, 2.05) is 91.0 Å². The number of rotatable bonds is 10. The van der Waals surface area contributed by atoms with Gasteiger partial charge in [-0.3, -0.25) is 9.59 Å². The average Bonchev–Trinajstić information content (AvgIpc) is 3.47. The van der Waals surface area contributed by atoms with Crippen molar-refractivity contribution in [1.29, 1.82) is 0 Å². The second-order valence-electron chi connectivity index (χ2n) is 10.9. The second kappa shape index (κ2) is 12.6. The first-order valence-corrected chi connectivity index (χ1v) is 13.6. The molecule has 1 heterocycles. The summed E-state index contributed by atoms with van der Waals surface area (Å²) in [6.07, 6.45) is 2.61. The first kappa shape index (κ1) is 29.3. The number of amides is 2. The van der Waals surface area contributed by atoms with Gasteiger partial charge in [0.2, 0.25) is 5.91 Å². The number of H-pyrrole nitrogens is 1. The van der Waals surface area contributed by atoms with Crippen LogP contribution >= 0.6 is 0 Å². The maximum Gasteiger partial charge on any atom is 0.408 e. The van der Waals surface area contributed by atoms with Crippen LogP contribution in [0, 0.1) is 0 Å². The van der Waals surface area contributed by atoms with E-state index in [9.17, 15) is 9.59 Å². The van der Waals surface area contributed by atoms with Crippen molar-refractivity contribution in [3.63, 3.8) is 0 Å². The Labute approximate surface area is 240 Å². The number of ether oxygens (including phenoxy) is 1. The molecule has 0 aliphatic rings. The highest BCUT2D eigenvalue weighted by molar-refractivity contribution is 6.03. The number of imidazole rings is 1. The fraction of sp³-hybridized carbons (Fsp3) is 0.273. The number of Topliss-reactive ketones (excluding diaryl/α,β-unsaturated/α-hetero) is 1. The molecule has 0 bridgehead atoms. The molecule has 4 aromatic rings. The number of alkyl carbamates (subject to hydrolysis) is 1. The van der Waals surface area contributed by atoms with Crippen molar-refractivity contribution in [3.8, 4) is 0 Å². The summed E-state index contributed by atoms with van der Waals surface area (Å²) in [4.78, 5) is 48.1. The highest BCUT2D eigenvalue weighted by Gasteiger charge is 2.47. The standard InChI is InChI=1S/C33H36N4O4/c1-23(36-31(40)41-32(2,3)4)30(39)37-28(20-27-21-34-22-35-27)29(38)33(24-14-8-5-9-15-24,25-16-10-6-11-17-25)26-18-12-7-13-19-26/h5-19,21-23,28H,20H2,1-4H3,(H,34,35)(H,36,40)(H,37,39)/t23-,28-/m0/s1. The molecule has 2 atom stereocenters. The number of nitrogens with one attached hydrogen (secondary N) is 3. The fourth-order valence-corrected chi connectivity index (χ4v) is 4.92. The van der Waals surface area contributed by atoms with Gasteiger partial charge >= 0.3 is 6.09 Å². The molecule has 41 heavy (non-hydrogen) atoms. The first-order valence-electron chi connectivity index (χ1n) is 13.6. The quantitative estimate of drug-likeness (QED) is 0.241. The highest BCUT2D eigenvalue weighted by atomic mass is 16.6. The molecule has 0 saturated heterocycles. The van der Waals surface area contributed by atoms with E-state index in [0.717, 1.165) is 16.7 Å². The summed E-state index contributed by atoms with van der Waals surface area (Å²) in [5, 5.41) is 5.50. The molecule has 212 valence electrons. The van der Waals surface area contributed by atoms with Crippen LogP contribution in [0.5, 0.6) is 0 Å². The van der Waals surface area contributed by atoms with E-state index in [-0.39, 0.29) is 12.2 Å². The molecule has 8 heteroatoms. The Morgan fingerprint density at radius 3 is 1.71 bits per heavy atom. The molecule has 1 aromatic heterocycles. The third kappa shape index (κ3) is 6.90. The van der Waals surface area contributed by atoms with Crippen LogP contribution in [0.3, 0.4) is 0 Å². The number of aromatic amines is 1. The van der Waals surface area contributed by atoms with Crippen molar-refractivity contribution < 1.29 is 19.1 Å². The summed E-state index contributed by atoms with van der Waals surface area (Å²) < 4.78 is 5.31. The van der Waals surface area contributed by atoms with Gasteiger partial charge in [-0.15, -0.1) is 0 Å². The Kier molecular flexibility index (Phi) is 9.02. The van der Waals surface area contributed by atoms with Crippen LogP contribution in [0.2, 0.25) is 0 Å². The van der Waals surface area contributed by atoms with Crippen LogP contribution in [0.4, 0.5) is 4.79 Å². The van der Waals surface area contributed by atoms with Crippen molar-refractivity contribution >= 4 is 17.8 Å². The molecule has 0 saturated carbocycles. The van der Waals surface area contributed by atoms with E-state index in [2.05, 4.69) is 20.6 Å². The molecule has 3 N–H and O–H groups in total. The Morgan fingerprint density at radius 1 is 0.805 bits per heavy atom. The SMILES string of the molecule is C[C@H](NC(=O)OC(C)(C)C)C(=O)N[C@@H](Cc1cnc[nH]1)C(=O)C(c1ccccc1)(c1ccccc1)c1ccccc1. The van der Waals surface area contributed by atoms with Crippen LogP contribution in [-0.4, -0.2) is 45.4 Å². The number of carbonyl (C=O) groups is 3. The number of hydrogen-bond donors (Lipinski definition) is 3. The zero-order valence-electron chi connectivity index (χ0n) is 23.8. The van der Waals surface area contributed by atoms with Crippen LogP contribution in [0.25, 0.3) is 0 Å². The summed E-state index contributed by atoms with van der Waals surface area (Å²) >= 11 is 0. The fourth-order valence-electron chi connectivity index (χ4n) is 4.92. The van der Waals surface area contributed by atoms with Crippen molar-refractivity contribution in [2.75, 3.05) is 0 Å². The Morgan fingerprint density at radius 2 is 1.29 bits per heavy atom. The highest BCUT2D eigenvalue weighted by Crippen LogP contribution is 2.41. The minimum atomic E-state index is -1.25. The van der Waals surface area contributed by atoms with E-state index in [1.54, 1.807) is 33.9 Å². The van der Waals surface area contributed by atoms with Crippen LogP contribution < -0.4 is 10.6 Å². The predicted octanol–water partition coefficient (Wildman–Crippen LogP) is 4.95. The summed E-state index contributed by atoms with van der Waals surface area (Å²) in [7, 11) is 0. The zero-order valence-corrected chi connectivity index (χ0v) is 23.8. The molecule has 8 nitrogen and oxygen atoms in total. The molecule has 4 rings (SSSR count). The van der Waals surface area contributed by atoms with Gasteiger partial charge in [-0.25, -0.2) is 9.78 Å². The summed E-state index contributed by atoms with van der Waals surface area (Å²) in [6, 6.07) is 26.8. The topological polar surface area (TPSA) is 113 Å². The lowest BCUT2D eigenvalue weighted by atomic mass is 9.64. The van der Waals surface area contributed by atoms with Gasteiger partial charge in [0.25, 0.3) is 0 Å². The Hall–Kier alpha value is -4.72. The lowest BCUT2D eigenvalue weighted by Gasteiger charge is -2.37. The normalized spacial score (nSPS) is 13.1. The van der Waals surface area contributed by atoms with E-state index in [1.165, 1.54) is 6.33 Å². The van der Waals surface area contributed by atoms with Crippen molar-refractivity contribution in [3.05, 3.63) is 126 Å². The van der Waals surface area contributed by atoms with Crippen molar-refractivity contribution in [2.24, 2.45) is 0 Å². The lowest BCUT2D eigenvalue weighted by Crippen LogP contribution is -2.56. The average molecular weight is 553 g/mol. The maximum absolute atomic E-state index is 15.1. The van der Waals surface area contributed by atoms with Gasteiger partial charge in [0.05, 0.1) is 12.4 Å². The van der Waals surface area contributed by atoms with Gasteiger partial charge in [-0.05, 0) is 44.4 Å².